The number of anilines is 4. The van der Waals surface area contributed by atoms with Crippen molar-refractivity contribution < 1.29 is 19.1 Å². The van der Waals surface area contributed by atoms with Crippen molar-refractivity contribution in [3.05, 3.63) is 153 Å². The Morgan fingerprint density at radius 1 is 0.638 bits per heavy atom. The van der Waals surface area contributed by atoms with Crippen LogP contribution in [0.1, 0.15) is 58.8 Å². The standard InChI is InChI=1S/C23H20N4O2.C21H20N4O4/c1-3-27-23(29)22(25-19-12-6-9-16-8-4-5-11-18(16)19)20(15(2)28)21(26-27)17-10-7-13-24-14-17;1-4-25-20(27)19(23-16-9-7-14(8-10-16)21(28)29-3)17(13(2)26)18(24-25)15-6-5-11-22-12-15/h4-14,25H,3H2,1-2H3;5-12,23H,4H2,1-3H3. The third kappa shape index (κ3) is 8.45. The van der Waals surface area contributed by atoms with Gasteiger partial charge in [0.05, 0.1) is 23.8 Å². The summed E-state index contributed by atoms with van der Waals surface area (Å²) >= 11 is 0. The molecule has 3 aromatic carbocycles. The number of fused-ring (bicyclic) bond motifs is 1. The topological polar surface area (TPSA) is 180 Å². The van der Waals surface area contributed by atoms with Crippen molar-refractivity contribution in [2.45, 2.75) is 40.8 Å². The lowest BCUT2D eigenvalue weighted by Gasteiger charge is -2.17. The number of hydrogen-bond acceptors (Lipinski definition) is 12. The van der Waals surface area contributed by atoms with Gasteiger partial charge in [0.2, 0.25) is 0 Å². The maximum Gasteiger partial charge on any atom is 0.337 e. The quantitative estimate of drug-likeness (QED) is 0.0978. The van der Waals surface area contributed by atoms with E-state index in [-0.39, 0.29) is 39.6 Å². The molecule has 7 aromatic rings. The molecule has 0 aliphatic heterocycles. The van der Waals surface area contributed by atoms with E-state index in [0.717, 1.165) is 16.5 Å². The number of esters is 1. The van der Waals surface area contributed by atoms with E-state index >= 15 is 0 Å². The van der Waals surface area contributed by atoms with Crippen LogP contribution in [0.3, 0.4) is 0 Å². The number of rotatable bonds is 11. The molecule has 0 aliphatic carbocycles. The number of methoxy groups -OCH3 is 1. The average molecular weight is 777 g/mol. The highest BCUT2D eigenvalue weighted by atomic mass is 16.5. The minimum Gasteiger partial charge on any atom is -0.465 e. The normalized spacial score (nSPS) is 10.6. The molecule has 0 bridgehead atoms. The molecule has 58 heavy (non-hydrogen) atoms. The zero-order valence-electron chi connectivity index (χ0n) is 32.5. The van der Waals surface area contributed by atoms with Gasteiger partial charge >= 0.3 is 5.97 Å². The SMILES string of the molecule is CCn1nc(-c2cccnc2)c(C(C)=O)c(Nc2ccc(C(=O)OC)cc2)c1=O.CCn1nc(-c2cccnc2)c(C(C)=O)c(Nc2cccc3ccccc23)c1=O. The summed E-state index contributed by atoms with van der Waals surface area (Å²) in [5.41, 5.74) is 3.86. The molecule has 0 fully saturated rings. The fraction of sp³-hybridized carbons (Fsp3) is 0.159. The molecule has 2 N–H and O–H groups in total. The van der Waals surface area contributed by atoms with Gasteiger partial charge in [0, 0.05) is 65.8 Å². The van der Waals surface area contributed by atoms with Gasteiger partial charge in [0.1, 0.15) is 22.8 Å². The molecule has 0 atom stereocenters. The fourth-order valence-electron chi connectivity index (χ4n) is 6.32. The lowest BCUT2D eigenvalue weighted by molar-refractivity contribution is 0.0600. The van der Waals surface area contributed by atoms with Crippen LogP contribution in [0, 0.1) is 0 Å². The summed E-state index contributed by atoms with van der Waals surface area (Å²) in [5, 5.41) is 17.1. The highest BCUT2D eigenvalue weighted by molar-refractivity contribution is 6.07. The number of ketones is 2. The summed E-state index contributed by atoms with van der Waals surface area (Å²) in [6, 6.07) is 27.2. The number of aryl methyl sites for hydroxylation is 2. The van der Waals surface area contributed by atoms with E-state index in [1.54, 1.807) is 74.2 Å². The Morgan fingerprint density at radius 3 is 1.64 bits per heavy atom. The van der Waals surface area contributed by atoms with Gasteiger partial charge in [-0.3, -0.25) is 29.1 Å². The molecule has 0 spiro atoms. The first kappa shape index (κ1) is 40.1. The molecule has 0 aliphatic rings. The van der Waals surface area contributed by atoms with Gasteiger partial charge in [-0.25, -0.2) is 14.2 Å². The van der Waals surface area contributed by atoms with Gasteiger partial charge in [0.25, 0.3) is 11.1 Å². The summed E-state index contributed by atoms with van der Waals surface area (Å²) in [6.07, 6.45) is 6.51. The number of ether oxygens (including phenoxy) is 1. The lowest BCUT2D eigenvalue weighted by atomic mass is 10.0. The summed E-state index contributed by atoms with van der Waals surface area (Å²) < 4.78 is 7.34. The Morgan fingerprint density at radius 2 is 1.16 bits per heavy atom. The van der Waals surface area contributed by atoms with Crippen LogP contribution in [0.4, 0.5) is 22.7 Å². The summed E-state index contributed by atoms with van der Waals surface area (Å²) in [4.78, 5) is 71.0. The number of nitrogens with zero attached hydrogens (tertiary/aromatic N) is 6. The number of aromatic nitrogens is 6. The Balaban J connectivity index is 0.000000196. The van der Waals surface area contributed by atoms with Crippen molar-refractivity contribution in [3.8, 4) is 22.5 Å². The minimum absolute atomic E-state index is 0.124. The van der Waals surface area contributed by atoms with E-state index in [1.165, 1.54) is 30.3 Å². The number of hydrogen-bond donors (Lipinski definition) is 2. The zero-order valence-corrected chi connectivity index (χ0v) is 32.5. The predicted octanol–water partition coefficient (Wildman–Crippen LogP) is 7.48. The number of benzene rings is 3. The first-order valence-corrected chi connectivity index (χ1v) is 18.4. The molecule has 14 heteroatoms. The molecule has 14 nitrogen and oxygen atoms in total. The molecule has 292 valence electrons. The van der Waals surface area contributed by atoms with Crippen LogP contribution >= 0.6 is 0 Å². The molecule has 0 saturated heterocycles. The monoisotopic (exact) mass is 776 g/mol. The highest BCUT2D eigenvalue weighted by Crippen LogP contribution is 2.31. The van der Waals surface area contributed by atoms with Crippen LogP contribution in [0.25, 0.3) is 33.3 Å². The summed E-state index contributed by atoms with van der Waals surface area (Å²) in [6.45, 7) is 7.19. The Hall–Kier alpha value is -7.61. The van der Waals surface area contributed by atoms with Crippen molar-refractivity contribution in [2.75, 3.05) is 17.7 Å². The Labute approximate surface area is 333 Å². The number of carbonyl (C=O) groups is 3. The number of Topliss-reactive ketones (excluding diaryl/α,β-unsaturated/α-hetero) is 2. The minimum atomic E-state index is -0.461. The van der Waals surface area contributed by atoms with Crippen LogP contribution in [0.2, 0.25) is 0 Å². The van der Waals surface area contributed by atoms with Crippen molar-refractivity contribution in [2.24, 2.45) is 0 Å². The number of pyridine rings is 2. The molecule has 0 saturated carbocycles. The van der Waals surface area contributed by atoms with Gasteiger partial charge in [-0.1, -0.05) is 36.4 Å². The van der Waals surface area contributed by atoms with E-state index in [9.17, 15) is 24.0 Å². The molecule has 4 aromatic heterocycles. The summed E-state index contributed by atoms with van der Waals surface area (Å²) in [7, 11) is 1.30. The molecule has 0 unspecified atom stereocenters. The average Bonchev–Trinajstić information content (AvgIpc) is 3.25. The number of carbonyl (C=O) groups excluding carboxylic acids is 3. The number of nitrogens with one attached hydrogen (secondary N) is 2. The largest absolute Gasteiger partial charge is 0.465 e. The van der Waals surface area contributed by atoms with Crippen molar-refractivity contribution in [3.63, 3.8) is 0 Å². The van der Waals surface area contributed by atoms with Gasteiger partial charge in [-0.05, 0) is 87.7 Å². The van der Waals surface area contributed by atoms with E-state index in [2.05, 4.69) is 35.5 Å². The highest BCUT2D eigenvalue weighted by Gasteiger charge is 2.24. The third-order valence-corrected chi connectivity index (χ3v) is 9.11. The van der Waals surface area contributed by atoms with Crippen LogP contribution in [0.5, 0.6) is 0 Å². The van der Waals surface area contributed by atoms with Crippen LogP contribution in [0.15, 0.2) is 125 Å². The van der Waals surface area contributed by atoms with E-state index in [1.807, 2.05) is 55.5 Å². The first-order chi connectivity index (χ1) is 28.1. The van der Waals surface area contributed by atoms with Crippen molar-refractivity contribution in [1.29, 1.82) is 0 Å². The van der Waals surface area contributed by atoms with Gasteiger partial charge < -0.3 is 15.4 Å². The molecule has 7 rings (SSSR count). The molecule has 0 radical (unpaired) electrons. The van der Waals surface area contributed by atoms with Crippen LogP contribution in [-0.4, -0.2) is 54.2 Å². The Kier molecular flexibility index (Phi) is 12.4. The maximum absolute atomic E-state index is 13.1. The second-order valence-corrected chi connectivity index (χ2v) is 12.9. The predicted molar refractivity (Wildman–Crippen MR) is 223 cm³/mol. The van der Waals surface area contributed by atoms with Crippen molar-refractivity contribution >= 4 is 51.1 Å². The summed E-state index contributed by atoms with van der Waals surface area (Å²) in [5.74, 6) is -0.998. The third-order valence-electron chi connectivity index (χ3n) is 9.11. The maximum atomic E-state index is 13.1. The molecular formula is C44H40N8O6. The zero-order chi connectivity index (χ0) is 41.3. The van der Waals surface area contributed by atoms with E-state index < -0.39 is 11.5 Å². The first-order valence-electron chi connectivity index (χ1n) is 18.4. The van der Waals surface area contributed by atoms with Gasteiger partial charge in [-0.15, -0.1) is 0 Å². The second kappa shape index (κ2) is 17.9. The fourth-order valence-corrected chi connectivity index (χ4v) is 6.32. The van der Waals surface area contributed by atoms with Gasteiger partial charge in [-0.2, -0.15) is 10.2 Å². The molecule has 0 amide bonds. The lowest BCUT2D eigenvalue weighted by Crippen LogP contribution is -2.28. The molecular weight excluding hydrogens is 737 g/mol. The van der Waals surface area contributed by atoms with Crippen LogP contribution in [-0.2, 0) is 17.8 Å². The smallest absolute Gasteiger partial charge is 0.337 e. The van der Waals surface area contributed by atoms with E-state index in [4.69, 9.17) is 0 Å². The molecule has 4 heterocycles. The van der Waals surface area contributed by atoms with E-state index in [0.29, 0.717) is 46.9 Å². The van der Waals surface area contributed by atoms with Crippen molar-refractivity contribution in [1.82, 2.24) is 29.5 Å². The van der Waals surface area contributed by atoms with Crippen LogP contribution < -0.4 is 21.8 Å². The second-order valence-electron chi connectivity index (χ2n) is 12.9. The Bertz CT molecular complexity index is 2740. The van der Waals surface area contributed by atoms with Gasteiger partial charge in [0.15, 0.2) is 11.6 Å².